The van der Waals surface area contributed by atoms with Crippen molar-refractivity contribution < 1.29 is 18.1 Å². The number of furan rings is 1. The highest BCUT2D eigenvalue weighted by Gasteiger charge is 2.33. The molecule has 2 aromatic rings. The third kappa shape index (κ3) is 3.58. The van der Waals surface area contributed by atoms with Crippen LogP contribution in [0.3, 0.4) is 0 Å². The molecule has 0 spiro atoms. The van der Waals surface area contributed by atoms with Crippen molar-refractivity contribution >= 4 is 5.91 Å². The van der Waals surface area contributed by atoms with Crippen LogP contribution in [0.25, 0.3) is 0 Å². The molecular formula is C15H19FN4O3. The third-order valence-corrected chi connectivity index (χ3v) is 3.99. The number of rotatable bonds is 5. The van der Waals surface area contributed by atoms with Gasteiger partial charge in [0.25, 0.3) is 5.91 Å². The van der Waals surface area contributed by atoms with E-state index in [1.807, 2.05) is 4.90 Å². The van der Waals surface area contributed by atoms with Gasteiger partial charge < -0.3 is 14.3 Å². The van der Waals surface area contributed by atoms with E-state index in [0.29, 0.717) is 49.1 Å². The molecule has 2 atom stereocenters. The van der Waals surface area contributed by atoms with Gasteiger partial charge in [-0.05, 0) is 19.4 Å². The van der Waals surface area contributed by atoms with E-state index in [1.165, 1.54) is 6.26 Å². The van der Waals surface area contributed by atoms with Gasteiger partial charge >= 0.3 is 0 Å². The molecule has 2 aromatic heterocycles. The van der Waals surface area contributed by atoms with Crippen molar-refractivity contribution in [3.8, 4) is 0 Å². The molecule has 0 saturated carbocycles. The van der Waals surface area contributed by atoms with Crippen LogP contribution in [0.4, 0.5) is 4.39 Å². The number of carbonyl (C=O) groups is 1. The summed E-state index contributed by atoms with van der Waals surface area (Å²) in [4.78, 5) is 18.2. The van der Waals surface area contributed by atoms with Crippen molar-refractivity contribution in [3.05, 3.63) is 35.4 Å². The first-order chi connectivity index (χ1) is 11.0. The number of nitrogens with one attached hydrogen (secondary N) is 1. The van der Waals surface area contributed by atoms with E-state index in [0.717, 1.165) is 0 Å². The Kier molecular flexibility index (Phi) is 4.42. The Morgan fingerprint density at radius 3 is 3.00 bits per heavy atom. The molecule has 0 bridgehead atoms. The van der Waals surface area contributed by atoms with Gasteiger partial charge in [-0.15, -0.1) is 0 Å². The molecule has 7 nitrogen and oxygen atoms in total. The van der Waals surface area contributed by atoms with Crippen LogP contribution >= 0.6 is 0 Å². The first-order valence-electron chi connectivity index (χ1n) is 7.52. The van der Waals surface area contributed by atoms with E-state index in [2.05, 4.69) is 15.5 Å². The Bertz CT molecular complexity index is 684. The number of nitrogens with zero attached hydrogens (tertiary/aromatic N) is 3. The van der Waals surface area contributed by atoms with Crippen molar-refractivity contribution in [2.75, 3.05) is 13.1 Å². The Morgan fingerprint density at radius 1 is 1.52 bits per heavy atom. The lowest BCUT2D eigenvalue weighted by Crippen LogP contribution is -2.40. The van der Waals surface area contributed by atoms with Crippen LogP contribution in [-0.4, -0.2) is 46.3 Å². The highest BCUT2D eigenvalue weighted by molar-refractivity contribution is 5.95. The molecule has 3 heterocycles. The lowest BCUT2D eigenvalue weighted by Gasteiger charge is -2.22. The number of hydrogen-bond donors (Lipinski definition) is 1. The second-order valence-corrected chi connectivity index (χ2v) is 5.75. The molecule has 8 heteroatoms. The quantitative estimate of drug-likeness (QED) is 0.900. The Morgan fingerprint density at radius 2 is 2.35 bits per heavy atom. The van der Waals surface area contributed by atoms with Crippen LogP contribution in [-0.2, 0) is 6.54 Å². The number of halogens is 1. The van der Waals surface area contributed by atoms with Crippen LogP contribution in [0.15, 0.2) is 21.3 Å². The first-order valence-corrected chi connectivity index (χ1v) is 7.52. The maximum atomic E-state index is 13.8. The Labute approximate surface area is 132 Å². The molecule has 3 rings (SSSR count). The zero-order chi connectivity index (χ0) is 16.4. The molecule has 1 amide bonds. The number of hydrogen-bond acceptors (Lipinski definition) is 6. The number of alkyl halides is 1. The smallest absolute Gasteiger partial charge is 0.254 e. The van der Waals surface area contributed by atoms with Crippen LogP contribution in [0.5, 0.6) is 0 Å². The molecule has 1 fully saturated rings. The van der Waals surface area contributed by atoms with E-state index in [1.54, 1.807) is 19.9 Å². The van der Waals surface area contributed by atoms with E-state index < -0.39 is 6.17 Å². The predicted octanol–water partition coefficient (Wildman–Crippen LogP) is 1.62. The molecule has 1 saturated heterocycles. The summed E-state index contributed by atoms with van der Waals surface area (Å²) in [6.07, 6.45) is 0.935. The summed E-state index contributed by atoms with van der Waals surface area (Å²) in [6.45, 7) is 4.51. The van der Waals surface area contributed by atoms with E-state index in [9.17, 15) is 9.18 Å². The fraction of sp³-hybridized carbons (Fsp3) is 0.533. The third-order valence-electron chi connectivity index (χ3n) is 3.99. The molecule has 124 valence electrons. The predicted molar refractivity (Wildman–Crippen MR) is 78.5 cm³/mol. The molecule has 23 heavy (non-hydrogen) atoms. The average Bonchev–Trinajstić information content (AvgIpc) is 3.18. The standard InChI is InChI=1S/C15H19FN4O3/c1-9-13(3-4-22-9)15(21)17-6-12-5-11(16)7-20(12)8-14-18-10(2)23-19-14/h3-4,11-12H,5-8H2,1-2H3,(H,17,21)/t11-,12-/m0/s1. The molecule has 0 radical (unpaired) electrons. The Balaban J connectivity index is 1.59. The minimum absolute atomic E-state index is 0.0973. The van der Waals surface area contributed by atoms with Gasteiger partial charge in [-0.3, -0.25) is 9.69 Å². The lowest BCUT2D eigenvalue weighted by molar-refractivity contribution is 0.0938. The maximum absolute atomic E-state index is 13.8. The molecule has 1 aliphatic rings. The van der Waals surface area contributed by atoms with Gasteiger partial charge in [0.05, 0.1) is 18.4 Å². The van der Waals surface area contributed by atoms with Gasteiger partial charge in [0.2, 0.25) is 5.89 Å². The van der Waals surface area contributed by atoms with E-state index in [4.69, 9.17) is 8.94 Å². The van der Waals surface area contributed by atoms with E-state index >= 15 is 0 Å². The number of aryl methyl sites for hydroxylation is 2. The van der Waals surface area contributed by atoms with Gasteiger partial charge in [-0.2, -0.15) is 4.98 Å². The fourth-order valence-corrected chi connectivity index (χ4v) is 2.84. The topological polar surface area (TPSA) is 84.4 Å². The zero-order valence-electron chi connectivity index (χ0n) is 13.1. The molecule has 1 aliphatic heterocycles. The summed E-state index contributed by atoms with van der Waals surface area (Å²) in [7, 11) is 0. The largest absolute Gasteiger partial charge is 0.469 e. The highest BCUT2D eigenvalue weighted by Crippen LogP contribution is 2.22. The highest BCUT2D eigenvalue weighted by atomic mass is 19.1. The summed E-state index contributed by atoms with van der Waals surface area (Å²) in [5.74, 6) is 1.36. The number of likely N-dealkylation sites (tertiary alicyclic amines) is 1. The monoisotopic (exact) mass is 322 g/mol. The minimum Gasteiger partial charge on any atom is -0.469 e. The van der Waals surface area contributed by atoms with Crippen molar-refractivity contribution in [3.63, 3.8) is 0 Å². The maximum Gasteiger partial charge on any atom is 0.254 e. The average molecular weight is 322 g/mol. The van der Waals surface area contributed by atoms with Crippen molar-refractivity contribution in [1.29, 1.82) is 0 Å². The molecular weight excluding hydrogens is 303 g/mol. The Hall–Kier alpha value is -2.22. The SMILES string of the molecule is Cc1nc(CN2C[C@@H](F)C[C@H]2CNC(=O)c2ccoc2C)no1. The summed E-state index contributed by atoms with van der Waals surface area (Å²) in [5.41, 5.74) is 0.500. The zero-order valence-corrected chi connectivity index (χ0v) is 13.1. The van der Waals surface area contributed by atoms with Crippen LogP contribution < -0.4 is 5.32 Å². The summed E-state index contributed by atoms with van der Waals surface area (Å²) in [5, 5.41) is 6.67. The number of amides is 1. The molecule has 0 aromatic carbocycles. The van der Waals surface area contributed by atoms with E-state index in [-0.39, 0.29) is 11.9 Å². The second kappa shape index (κ2) is 6.49. The summed E-state index contributed by atoms with van der Waals surface area (Å²) >= 11 is 0. The van der Waals surface area contributed by atoms with Gasteiger partial charge in [0.15, 0.2) is 5.82 Å². The van der Waals surface area contributed by atoms with Crippen molar-refractivity contribution in [2.45, 2.75) is 39.0 Å². The van der Waals surface area contributed by atoms with Gasteiger partial charge in [0.1, 0.15) is 11.9 Å². The summed E-state index contributed by atoms with van der Waals surface area (Å²) in [6, 6.07) is 1.52. The van der Waals surface area contributed by atoms with Gasteiger partial charge in [-0.1, -0.05) is 5.16 Å². The van der Waals surface area contributed by atoms with Crippen LogP contribution in [0.1, 0.15) is 34.3 Å². The van der Waals surface area contributed by atoms with Gasteiger partial charge in [0, 0.05) is 26.1 Å². The normalized spacial score (nSPS) is 21.7. The van der Waals surface area contributed by atoms with Crippen LogP contribution in [0.2, 0.25) is 0 Å². The second-order valence-electron chi connectivity index (χ2n) is 5.75. The fourth-order valence-electron chi connectivity index (χ4n) is 2.84. The van der Waals surface area contributed by atoms with Crippen molar-refractivity contribution in [2.24, 2.45) is 0 Å². The lowest BCUT2D eigenvalue weighted by atomic mass is 10.2. The van der Waals surface area contributed by atoms with Crippen LogP contribution in [0, 0.1) is 13.8 Å². The number of carbonyl (C=O) groups excluding carboxylic acids is 1. The van der Waals surface area contributed by atoms with Crippen molar-refractivity contribution in [1.82, 2.24) is 20.4 Å². The van der Waals surface area contributed by atoms with Gasteiger partial charge in [-0.25, -0.2) is 4.39 Å². The molecule has 0 aliphatic carbocycles. The minimum atomic E-state index is -0.916. The molecule has 1 N–H and O–H groups in total. The first kappa shape index (κ1) is 15.7. The summed E-state index contributed by atoms with van der Waals surface area (Å²) < 4.78 is 23.8. The number of aromatic nitrogens is 2. The molecule has 0 unspecified atom stereocenters.